The molecule has 1 aromatic heterocycles. The zero-order chi connectivity index (χ0) is 21.0. The van der Waals surface area contributed by atoms with E-state index in [-0.39, 0.29) is 6.29 Å². The van der Waals surface area contributed by atoms with Gasteiger partial charge in [-0.25, -0.2) is 4.98 Å². The van der Waals surface area contributed by atoms with Crippen LogP contribution in [0.4, 0.5) is 0 Å². The number of fused-ring (bicyclic) bond motifs is 1. The molecule has 6 heteroatoms. The molecule has 5 nitrogen and oxygen atoms in total. The molecular formula is C25H30ClN3O2. The van der Waals surface area contributed by atoms with Crippen LogP contribution in [-0.2, 0) is 22.4 Å². The largest absolute Gasteiger partial charge is 0.350 e. The SMILES string of the molecule is Clc1ccc(CCN2CCC(c3nc4ccccc4n3CCC3OCCO3)CC2)cc1. The van der Waals surface area contributed by atoms with E-state index in [0.717, 1.165) is 62.4 Å². The van der Waals surface area contributed by atoms with E-state index < -0.39 is 0 Å². The van der Waals surface area contributed by atoms with E-state index in [4.69, 9.17) is 26.1 Å². The normalized spacial score (nSPS) is 18.9. The first-order chi connectivity index (χ1) is 15.3. The van der Waals surface area contributed by atoms with Crippen LogP contribution in [0.15, 0.2) is 48.5 Å². The lowest BCUT2D eigenvalue weighted by Gasteiger charge is -2.32. The van der Waals surface area contributed by atoms with Gasteiger partial charge in [0, 0.05) is 30.5 Å². The predicted molar refractivity (Wildman–Crippen MR) is 124 cm³/mol. The summed E-state index contributed by atoms with van der Waals surface area (Å²) in [7, 11) is 0. The van der Waals surface area contributed by atoms with Gasteiger partial charge >= 0.3 is 0 Å². The highest BCUT2D eigenvalue weighted by Gasteiger charge is 2.26. The number of rotatable bonds is 7. The minimum absolute atomic E-state index is 0.0799. The van der Waals surface area contributed by atoms with E-state index in [2.05, 4.69) is 45.9 Å². The zero-order valence-electron chi connectivity index (χ0n) is 17.9. The average Bonchev–Trinajstić information content (AvgIpc) is 3.45. The van der Waals surface area contributed by atoms with Crippen LogP contribution in [0, 0.1) is 0 Å². The number of hydrogen-bond acceptors (Lipinski definition) is 4. The number of nitrogens with zero attached hydrogens (tertiary/aromatic N) is 3. The first-order valence-corrected chi connectivity index (χ1v) is 11.8. The summed E-state index contributed by atoms with van der Waals surface area (Å²) in [6.07, 6.45) is 4.17. The van der Waals surface area contributed by atoms with E-state index in [0.29, 0.717) is 19.1 Å². The lowest BCUT2D eigenvalue weighted by molar-refractivity contribution is -0.0490. The maximum absolute atomic E-state index is 6.00. The lowest BCUT2D eigenvalue weighted by atomic mass is 9.95. The van der Waals surface area contributed by atoms with Crippen molar-refractivity contribution >= 4 is 22.6 Å². The highest BCUT2D eigenvalue weighted by molar-refractivity contribution is 6.30. The van der Waals surface area contributed by atoms with Crippen molar-refractivity contribution in [1.82, 2.24) is 14.5 Å². The van der Waals surface area contributed by atoms with Gasteiger partial charge in [-0.1, -0.05) is 35.9 Å². The lowest BCUT2D eigenvalue weighted by Crippen LogP contribution is -2.35. The molecule has 2 aliphatic heterocycles. The van der Waals surface area contributed by atoms with Crippen molar-refractivity contribution in [2.45, 2.75) is 44.4 Å². The fraction of sp³-hybridized carbons (Fsp3) is 0.480. The maximum Gasteiger partial charge on any atom is 0.159 e. The molecule has 0 unspecified atom stereocenters. The molecule has 0 aliphatic carbocycles. The third-order valence-corrected chi connectivity index (χ3v) is 6.80. The quantitative estimate of drug-likeness (QED) is 0.526. The number of imidazole rings is 1. The Morgan fingerprint density at radius 1 is 0.935 bits per heavy atom. The van der Waals surface area contributed by atoms with Crippen molar-refractivity contribution in [3.8, 4) is 0 Å². The number of aromatic nitrogens is 2. The molecule has 0 spiro atoms. The highest BCUT2D eigenvalue weighted by Crippen LogP contribution is 2.31. The molecule has 3 heterocycles. The van der Waals surface area contributed by atoms with Gasteiger partial charge in [0.05, 0.1) is 24.2 Å². The number of aryl methyl sites for hydroxylation is 1. The number of para-hydroxylation sites is 2. The number of ether oxygens (including phenoxy) is 2. The van der Waals surface area contributed by atoms with Gasteiger partial charge in [-0.2, -0.15) is 0 Å². The summed E-state index contributed by atoms with van der Waals surface area (Å²) in [5.74, 6) is 1.74. The van der Waals surface area contributed by atoms with Gasteiger partial charge in [-0.3, -0.25) is 0 Å². The number of hydrogen-bond donors (Lipinski definition) is 0. The Kier molecular flexibility index (Phi) is 6.55. The summed E-state index contributed by atoms with van der Waals surface area (Å²) in [6.45, 7) is 5.64. The molecule has 0 saturated carbocycles. The molecule has 2 fully saturated rings. The molecule has 0 N–H and O–H groups in total. The summed E-state index contributed by atoms with van der Waals surface area (Å²) in [5.41, 5.74) is 3.67. The third kappa shape index (κ3) is 4.96. The van der Waals surface area contributed by atoms with Crippen LogP contribution in [0.1, 0.15) is 36.6 Å². The molecule has 31 heavy (non-hydrogen) atoms. The standard InChI is InChI=1S/C25H30ClN3O2/c26-21-7-5-19(6-8-21)9-13-28-14-10-20(11-15-28)25-27-22-3-1-2-4-23(22)29(25)16-12-24-30-17-18-31-24/h1-8,20,24H,9-18H2. The van der Waals surface area contributed by atoms with Crippen LogP contribution >= 0.6 is 11.6 Å². The molecule has 0 atom stereocenters. The van der Waals surface area contributed by atoms with Crippen molar-refractivity contribution < 1.29 is 9.47 Å². The molecule has 5 rings (SSSR count). The van der Waals surface area contributed by atoms with Gasteiger partial charge < -0.3 is 18.9 Å². The summed E-state index contributed by atoms with van der Waals surface area (Å²) >= 11 is 6.00. The molecule has 0 radical (unpaired) electrons. The molecule has 3 aromatic rings. The van der Waals surface area contributed by atoms with E-state index >= 15 is 0 Å². The third-order valence-electron chi connectivity index (χ3n) is 6.55. The van der Waals surface area contributed by atoms with Crippen LogP contribution < -0.4 is 0 Å². The van der Waals surface area contributed by atoms with Gasteiger partial charge in [0.15, 0.2) is 6.29 Å². The number of piperidine rings is 1. The summed E-state index contributed by atoms with van der Waals surface area (Å²) < 4.78 is 13.7. The molecule has 2 aliphatic rings. The van der Waals surface area contributed by atoms with Crippen LogP contribution in [-0.4, -0.2) is 53.6 Å². The summed E-state index contributed by atoms with van der Waals surface area (Å²) in [6, 6.07) is 16.7. The van der Waals surface area contributed by atoms with Crippen LogP contribution in [0.2, 0.25) is 5.02 Å². The average molecular weight is 440 g/mol. The molecule has 0 amide bonds. The highest BCUT2D eigenvalue weighted by atomic mass is 35.5. The monoisotopic (exact) mass is 439 g/mol. The van der Waals surface area contributed by atoms with E-state index in [1.165, 1.54) is 16.9 Å². The van der Waals surface area contributed by atoms with Crippen molar-refractivity contribution in [1.29, 1.82) is 0 Å². The topological polar surface area (TPSA) is 39.5 Å². The second kappa shape index (κ2) is 9.70. The van der Waals surface area contributed by atoms with Gasteiger partial charge in [-0.05, 0) is 62.2 Å². The second-order valence-electron chi connectivity index (χ2n) is 8.56. The van der Waals surface area contributed by atoms with Gasteiger partial charge in [0.25, 0.3) is 0 Å². The Hall–Kier alpha value is -1.92. The van der Waals surface area contributed by atoms with Gasteiger partial charge in [-0.15, -0.1) is 0 Å². The molecule has 0 bridgehead atoms. The minimum Gasteiger partial charge on any atom is -0.350 e. The Morgan fingerprint density at radius 2 is 1.68 bits per heavy atom. The number of halogens is 1. The summed E-state index contributed by atoms with van der Waals surface area (Å²) in [4.78, 5) is 7.64. The number of benzene rings is 2. The van der Waals surface area contributed by atoms with Crippen molar-refractivity contribution in [3.05, 3.63) is 64.9 Å². The number of likely N-dealkylation sites (tertiary alicyclic amines) is 1. The van der Waals surface area contributed by atoms with Crippen molar-refractivity contribution in [3.63, 3.8) is 0 Å². The molecular weight excluding hydrogens is 410 g/mol. The Morgan fingerprint density at radius 3 is 2.45 bits per heavy atom. The zero-order valence-corrected chi connectivity index (χ0v) is 18.6. The van der Waals surface area contributed by atoms with Crippen LogP contribution in [0.3, 0.4) is 0 Å². The predicted octanol–water partition coefficient (Wildman–Crippen LogP) is 4.87. The van der Waals surface area contributed by atoms with Gasteiger partial charge in [0.1, 0.15) is 5.82 Å². The first kappa shape index (κ1) is 21.0. The van der Waals surface area contributed by atoms with E-state index in [1.807, 2.05) is 12.1 Å². The van der Waals surface area contributed by atoms with Crippen LogP contribution in [0.5, 0.6) is 0 Å². The van der Waals surface area contributed by atoms with Crippen LogP contribution in [0.25, 0.3) is 11.0 Å². The molecule has 2 saturated heterocycles. The first-order valence-electron chi connectivity index (χ1n) is 11.4. The molecule has 164 valence electrons. The minimum atomic E-state index is -0.0799. The van der Waals surface area contributed by atoms with E-state index in [1.54, 1.807) is 0 Å². The second-order valence-corrected chi connectivity index (χ2v) is 9.00. The van der Waals surface area contributed by atoms with Gasteiger partial charge in [0.2, 0.25) is 0 Å². The van der Waals surface area contributed by atoms with Crippen molar-refractivity contribution in [2.75, 3.05) is 32.8 Å². The maximum atomic E-state index is 6.00. The van der Waals surface area contributed by atoms with E-state index in [9.17, 15) is 0 Å². The fourth-order valence-electron chi connectivity index (χ4n) is 4.80. The Balaban J connectivity index is 1.23. The Bertz CT molecular complexity index is 990. The van der Waals surface area contributed by atoms with Crippen molar-refractivity contribution in [2.24, 2.45) is 0 Å². The Labute approximate surface area is 188 Å². The fourth-order valence-corrected chi connectivity index (χ4v) is 4.93. The molecule has 2 aromatic carbocycles. The smallest absolute Gasteiger partial charge is 0.159 e. The summed E-state index contributed by atoms with van der Waals surface area (Å²) in [5, 5.41) is 0.804.